The van der Waals surface area contributed by atoms with Crippen molar-refractivity contribution >= 4 is 24.3 Å². The van der Waals surface area contributed by atoms with Crippen LogP contribution in [0.4, 0.5) is 0 Å². The number of carbonyl (C=O) groups is 2. The lowest BCUT2D eigenvalue weighted by Crippen LogP contribution is -2.60. The quantitative estimate of drug-likeness (QED) is 0.574. The Morgan fingerprint density at radius 2 is 1.69 bits per heavy atom. The number of methoxy groups -OCH3 is 1. The van der Waals surface area contributed by atoms with Crippen LogP contribution in [0.2, 0.25) is 0 Å². The summed E-state index contributed by atoms with van der Waals surface area (Å²) in [5.74, 6) is -0.235. The van der Waals surface area contributed by atoms with E-state index in [4.69, 9.17) is 14.2 Å². The highest BCUT2D eigenvalue weighted by Crippen LogP contribution is 2.36. The number of ether oxygens (including phenoxy) is 3. The summed E-state index contributed by atoms with van der Waals surface area (Å²) in [5.41, 5.74) is -0.289. The Labute approximate surface area is 161 Å². The molecule has 0 radical (unpaired) electrons. The van der Waals surface area contributed by atoms with Crippen LogP contribution in [0.15, 0.2) is 24.3 Å². The number of benzene rings is 1. The van der Waals surface area contributed by atoms with Gasteiger partial charge in [-0.05, 0) is 57.4 Å². The molecule has 26 heavy (non-hydrogen) atoms. The van der Waals surface area contributed by atoms with E-state index >= 15 is 0 Å². The topological polar surface area (TPSA) is 73.9 Å². The molecule has 1 aromatic carbocycles. The molecule has 1 aliphatic heterocycles. The van der Waals surface area contributed by atoms with E-state index in [2.05, 4.69) is 5.32 Å². The third-order valence-electron chi connectivity index (χ3n) is 4.61. The first-order valence-corrected chi connectivity index (χ1v) is 8.79. The Bertz CT molecular complexity index is 572. The Balaban J connectivity index is 0.00000338. The van der Waals surface area contributed by atoms with Crippen molar-refractivity contribution in [3.05, 3.63) is 29.8 Å². The first kappa shape index (κ1) is 22.3. The van der Waals surface area contributed by atoms with Crippen molar-refractivity contribution in [3.8, 4) is 5.75 Å². The maximum Gasteiger partial charge on any atom is 0.325 e. The van der Waals surface area contributed by atoms with Crippen molar-refractivity contribution in [1.29, 1.82) is 0 Å². The minimum atomic E-state index is -1.30. The normalized spacial score (nSPS) is 18.3. The second-order valence-electron chi connectivity index (χ2n) is 6.07. The van der Waals surface area contributed by atoms with Crippen molar-refractivity contribution in [3.63, 3.8) is 0 Å². The van der Waals surface area contributed by atoms with Crippen LogP contribution in [0.1, 0.15) is 32.3 Å². The molecule has 0 aromatic heterocycles. The Hall–Kier alpha value is -1.79. The average Bonchev–Trinajstić information content (AvgIpc) is 2.63. The summed E-state index contributed by atoms with van der Waals surface area (Å²) in [5, 5.41) is 3.33. The molecule has 1 aliphatic rings. The molecule has 0 aliphatic carbocycles. The number of nitrogens with one attached hydrogen (secondary N) is 1. The van der Waals surface area contributed by atoms with Crippen molar-refractivity contribution < 1.29 is 23.8 Å². The monoisotopic (exact) mass is 385 g/mol. The fraction of sp³-hybridized carbons (Fsp3) is 0.579. The zero-order valence-electron chi connectivity index (χ0n) is 15.6. The minimum absolute atomic E-state index is 0. The van der Waals surface area contributed by atoms with E-state index < -0.39 is 17.4 Å². The molecule has 146 valence electrons. The number of hydrogen-bond acceptors (Lipinski definition) is 6. The average molecular weight is 386 g/mol. The summed E-state index contributed by atoms with van der Waals surface area (Å²) in [6, 6.07) is 7.25. The molecule has 0 amide bonds. The third-order valence-corrected chi connectivity index (χ3v) is 4.61. The standard InChI is InChI=1S/C19H27NO5.ClH/c1-4-24-17(21)19(18(22)25-5-2)11-6-12-20-16(19)13-14-7-9-15(23-3)10-8-14;/h7-10,16,20H,4-6,11-13H2,1-3H3;1H. The highest BCUT2D eigenvalue weighted by Gasteiger charge is 2.55. The van der Waals surface area contributed by atoms with Gasteiger partial charge >= 0.3 is 11.9 Å². The van der Waals surface area contributed by atoms with Crippen LogP contribution in [0.25, 0.3) is 0 Å². The molecule has 1 fully saturated rings. The van der Waals surface area contributed by atoms with Gasteiger partial charge in [0, 0.05) is 6.04 Å². The molecule has 0 spiro atoms. The van der Waals surface area contributed by atoms with Gasteiger partial charge in [0.15, 0.2) is 5.41 Å². The molecule has 1 N–H and O–H groups in total. The van der Waals surface area contributed by atoms with Gasteiger partial charge in [-0.2, -0.15) is 0 Å². The van der Waals surface area contributed by atoms with Gasteiger partial charge in [0.2, 0.25) is 0 Å². The molecule has 7 heteroatoms. The lowest BCUT2D eigenvalue weighted by molar-refractivity contribution is -0.177. The van der Waals surface area contributed by atoms with Crippen LogP contribution >= 0.6 is 12.4 Å². The lowest BCUT2D eigenvalue weighted by atomic mass is 9.71. The smallest absolute Gasteiger partial charge is 0.325 e. The summed E-state index contributed by atoms with van der Waals surface area (Å²) >= 11 is 0. The molecule has 2 rings (SSSR count). The van der Waals surface area contributed by atoms with Gasteiger partial charge in [-0.15, -0.1) is 12.4 Å². The Morgan fingerprint density at radius 1 is 1.12 bits per heavy atom. The predicted octanol–water partition coefficient (Wildman–Crippen LogP) is 2.52. The zero-order valence-corrected chi connectivity index (χ0v) is 16.4. The molecule has 6 nitrogen and oxygen atoms in total. The molecular weight excluding hydrogens is 358 g/mol. The van der Waals surface area contributed by atoms with Crippen molar-refractivity contribution in [2.45, 2.75) is 39.2 Å². The van der Waals surface area contributed by atoms with E-state index in [1.54, 1.807) is 21.0 Å². The Morgan fingerprint density at radius 3 is 2.19 bits per heavy atom. The molecule has 1 unspecified atom stereocenters. The van der Waals surface area contributed by atoms with Gasteiger partial charge in [-0.1, -0.05) is 12.1 Å². The van der Waals surface area contributed by atoms with E-state index in [9.17, 15) is 9.59 Å². The Kier molecular flexibility index (Phi) is 8.88. The molecule has 1 atom stereocenters. The lowest BCUT2D eigenvalue weighted by Gasteiger charge is -2.40. The van der Waals surface area contributed by atoms with Gasteiger partial charge in [0.25, 0.3) is 0 Å². The number of esters is 2. The zero-order chi connectivity index (χ0) is 18.3. The van der Waals surface area contributed by atoms with E-state index in [1.807, 2.05) is 24.3 Å². The predicted molar refractivity (Wildman–Crippen MR) is 101 cm³/mol. The SMILES string of the molecule is CCOC(=O)C1(C(=O)OCC)CCCNC1Cc1ccc(OC)cc1.Cl. The first-order valence-electron chi connectivity index (χ1n) is 8.79. The van der Waals surface area contributed by atoms with Crippen molar-refractivity contribution in [1.82, 2.24) is 5.32 Å². The maximum atomic E-state index is 12.8. The largest absolute Gasteiger partial charge is 0.497 e. The first-order chi connectivity index (χ1) is 12.1. The van der Waals surface area contributed by atoms with E-state index in [-0.39, 0.29) is 31.7 Å². The molecule has 1 aromatic rings. The second-order valence-corrected chi connectivity index (χ2v) is 6.07. The van der Waals surface area contributed by atoms with E-state index in [0.717, 1.165) is 24.3 Å². The number of rotatable bonds is 7. The maximum absolute atomic E-state index is 12.8. The van der Waals surface area contributed by atoms with Gasteiger partial charge in [-0.25, -0.2) is 0 Å². The number of carbonyl (C=O) groups excluding carboxylic acids is 2. The molecular formula is C19H28ClNO5. The molecule has 0 bridgehead atoms. The number of hydrogen-bond donors (Lipinski definition) is 1. The summed E-state index contributed by atoms with van der Waals surface area (Å²) in [7, 11) is 1.62. The van der Waals surface area contributed by atoms with Crippen LogP contribution in [-0.2, 0) is 25.5 Å². The fourth-order valence-electron chi connectivity index (χ4n) is 3.33. The fourth-order valence-corrected chi connectivity index (χ4v) is 3.33. The molecule has 1 saturated heterocycles. The van der Waals surface area contributed by atoms with Gasteiger partial charge in [-0.3, -0.25) is 9.59 Å². The second kappa shape index (κ2) is 10.4. The summed E-state index contributed by atoms with van der Waals surface area (Å²) in [6.07, 6.45) is 1.68. The summed E-state index contributed by atoms with van der Waals surface area (Å²) in [4.78, 5) is 25.5. The number of halogens is 1. The highest BCUT2D eigenvalue weighted by atomic mass is 35.5. The minimum Gasteiger partial charge on any atom is -0.497 e. The van der Waals surface area contributed by atoms with Crippen LogP contribution in [0, 0.1) is 5.41 Å². The van der Waals surface area contributed by atoms with Gasteiger partial charge in [0.05, 0.1) is 20.3 Å². The highest BCUT2D eigenvalue weighted by molar-refractivity contribution is 6.01. The summed E-state index contributed by atoms with van der Waals surface area (Å²) < 4.78 is 15.7. The van der Waals surface area contributed by atoms with Crippen LogP contribution in [0.5, 0.6) is 5.75 Å². The van der Waals surface area contributed by atoms with E-state index in [0.29, 0.717) is 12.8 Å². The molecule has 1 heterocycles. The van der Waals surface area contributed by atoms with Crippen LogP contribution in [-0.4, -0.2) is 44.8 Å². The summed E-state index contributed by atoms with van der Waals surface area (Å²) in [6.45, 7) is 4.70. The number of piperidine rings is 1. The van der Waals surface area contributed by atoms with E-state index in [1.165, 1.54) is 0 Å². The van der Waals surface area contributed by atoms with Crippen LogP contribution < -0.4 is 10.1 Å². The van der Waals surface area contributed by atoms with Crippen molar-refractivity contribution in [2.24, 2.45) is 5.41 Å². The molecule has 0 saturated carbocycles. The van der Waals surface area contributed by atoms with Crippen molar-refractivity contribution in [2.75, 3.05) is 26.9 Å². The van der Waals surface area contributed by atoms with Crippen LogP contribution in [0.3, 0.4) is 0 Å². The third kappa shape index (κ3) is 4.68. The van der Waals surface area contributed by atoms with Gasteiger partial charge < -0.3 is 19.5 Å². The van der Waals surface area contributed by atoms with Gasteiger partial charge in [0.1, 0.15) is 5.75 Å².